The smallest absolute Gasteiger partial charge is 0.255 e. The van der Waals surface area contributed by atoms with Crippen molar-refractivity contribution >= 4 is 5.91 Å². The summed E-state index contributed by atoms with van der Waals surface area (Å²) >= 11 is 0. The Balaban J connectivity index is 2.05. The summed E-state index contributed by atoms with van der Waals surface area (Å²) < 4.78 is 5.25. The van der Waals surface area contributed by atoms with Gasteiger partial charge in [0.15, 0.2) is 0 Å². The van der Waals surface area contributed by atoms with Crippen molar-refractivity contribution in [2.24, 2.45) is 5.73 Å². The molecule has 4 nitrogen and oxygen atoms in total. The van der Waals surface area contributed by atoms with Gasteiger partial charge in [0.2, 0.25) is 0 Å². The fourth-order valence-corrected chi connectivity index (χ4v) is 2.53. The average molecular weight is 262 g/mol. The molecule has 3 N–H and O–H groups in total. The lowest BCUT2D eigenvalue weighted by atomic mass is 9.91. The molecule has 1 aromatic rings. The van der Waals surface area contributed by atoms with Gasteiger partial charge in [0.25, 0.3) is 5.91 Å². The van der Waals surface area contributed by atoms with E-state index in [4.69, 9.17) is 10.5 Å². The number of hydrogen-bond acceptors (Lipinski definition) is 3. The van der Waals surface area contributed by atoms with Crippen LogP contribution in [-0.4, -0.2) is 25.1 Å². The zero-order valence-electron chi connectivity index (χ0n) is 11.6. The normalized spacial score (nSPS) is 22.9. The van der Waals surface area contributed by atoms with Crippen molar-refractivity contribution in [3.8, 4) is 5.75 Å². The molecule has 104 valence electrons. The number of carbonyl (C=O) groups is 1. The minimum atomic E-state index is -0.0546. The Bertz CT molecular complexity index is 451. The van der Waals surface area contributed by atoms with Gasteiger partial charge in [0.1, 0.15) is 5.75 Å². The van der Waals surface area contributed by atoms with E-state index < -0.39 is 0 Å². The van der Waals surface area contributed by atoms with Crippen LogP contribution in [0.5, 0.6) is 5.75 Å². The summed E-state index contributed by atoms with van der Waals surface area (Å²) in [6.07, 6.45) is 3.88. The molecule has 0 aromatic heterocycles. The Labute approximate surface area is 114 Å². The molecule has 1 aliphatic rings. The molecule has 0 bridgehead atoms. The molecular formula is C15H22N2O2. The van der Waals surface area contributed by atoms with Crippen LogP contribution >= 0.6 is 0 Å². The van der Waals surface area contributed by atoms with Crippen LogP contribution in [0, 0.1) is 6.92 Å². The molecule has 19 heavy (non-hydrogen) atoms. The third kappa shape index (κ3) is 3.47. The molecule has 1 aromatic carbocycles. The highest BCUT2D eigenvalue weighted by molar-refractivity contribution is 5.97. The summed E-state index contributed by atoms with van der Waals surface area (Å²) in [6, 6.07) is 6.16. The number of ether oxygens (including phenoxy) is 1. The number of nitrogens with two attached hydrogens (primary N) is 1. The first-order valence-corrected chi connectivity index (χ1v) is 6.81. The molecule has 0 saturated heterocycles. The predicted octanol–water partition coefficient (Wildman–Crippen LogP) is 2.00. The molecule has 0 atom stereocenters. The van der Waals surface area contributed by atoms with E-state index in [1.54, 1.807) is 7.11 Å². The molecule has 0 heterocycles. The first kappa shape index (κ1) is 13.9. The number of aryl methyl sites for hydroxylation is 1. The van der Waals surface area contributed by atoms with Gasteiger partial charge < -0.3 is 15.8 Å². The largest absolute Gasteiger partial charge is 0.496 e. The number of benzene rings is 1. The van der Waals surface area contributed by atoms with Gasteiger partial charge in [-0.05, 0) is 44.7 Å². The quantitative estimate of drug-likeness (QED) is 0.875. The summed E-state index contributed by atoms with van der Waals surface area (Å²) in [5, 5.41) is 3.08. The fraction of sp³-hybridized carbons (Fsp3) is 0.533. The zero-order valence-corrected chi connectivity index (χ0v) is 11.6. The summed E-state index contributed by atoms with van der Waals surface area (Å²) in [5.41, 5.74) is 7.53. The molecule has 1 fully saturated rings. The van der Waals surface area contributed by atoms with Gasteiger partial charge in [0.05, 0.1) is 12.7 Å². The maximum absolute atomic E-state index is 12.3. The third-order valence-electron chi connectivity index (χ3n) is 3.71. The number of carbonyl (C=O) groups excluding carboxylic acids is 1. The van der Waals surface area contributed by atoms with Crippen molar-refractivity contribution in [2.45, 2.75) is 44.7 Å². The Morgan fingerprint density at radius 3 is 2.63 bits per heavy atom. The predicted molar refractivity (Wildman–Crippen MR) is 75.4 cm³/mol. The Morgan fingerprint density at radius 1 is 1.32 bits per heavy atom. The van der Waals surface area contributed by atoms with E-state index in [0.29, 0.717) is 17.4 Å². The highest BCUT2D eigenvalue weighted by Crippen LogP contribution is 2.21. The van der Waals surface area contributed by atoms with Crippen LogP contribution in [0.4, 0.5) is 0 Å². The second-order valence-corrected chi connectivity index (χ2v) is 5.29. The molecule has 2 rings (SSSR count). The maximum atomic E-state index is 12.3. The van der Waals surface area contributed by atoms with E-state index in [0.717, 1.165) is 31.2 Å². The Hall–Kier alpha value is -1.55. The molecular weight excluding hydrogens is 240 g/mol. The van der Waals surface area contributed by atoms with Crippen molar-refractivity contribution in [1.82, 2.24) is 5.32 Å². The lowest BCUT2D eigenvalue weighted by Gasteiger charge is -2.27. The minimum Gasteiger partial charge on any atom is -0.496 e. The van der Waals surface area contributed by atoms with E-state index in [9.17, 15) is 4.79 Å². The number of amides is 1. The van der Waals surface area contributed by atoms with Crippen LogP contribution in [0.1, 0.15) is 41.6 Å². The van der Waals surface area contributed by atoms with E-state index >= 15 is 0 Å². The van der Waals surface area contributed by atoms with Crippen molar-refractivity contribution < 1.29 is 9.53 Å². The van der Waals surface area contributed by atoms with Crippen LogP contribution in [-0.2, 0) is 0 Å². The van der Waals surface area contributed by atoms with E-state index in [1.807, 2.05) is 25.1 Å². The lowest BCUT2D eigenvalue weighted by molar-refractivity contribution is 0.0922. The molecule has 0 unspecified atom stereocenters. The Kier molecular flexibility index (Phi) is 4.43. The number of nitrogens with one attached hydrogen (secondary N) is 1. The van der Waals surface area contributed by atoms with Crippen molar-refractivity contribution in [1.29, 1.82) is 0 Å². The monoisotopic (exact) mass is 262 g/mol. The first-order chi connectivity index (χ1) is 9.10. The molecule has 0 spiro atoms. The van der Waals surface area contributed by atoms with E-state index in [-0.39, 0.29) is 11.9 Å². The van der Waals surface area contributed by atoms with Gasteiger partial charge in [-0.25, -0.2) is 0 Å². The molecule has 1 amide bonds. The van der Waals surface area contributed by atoms with Gasteiger partial charge in [-0.2, -0.15) is 0 Å². The van der Waals surface area contributed by atoms with E-state index in [2.05, 4.69) is 5.32 Å². The molecule has 1 saturated carbocycles. The van der Waals surface area contributed by atoms with Crippen molar-refractivity contribution in [2.75, 3.05) is 7.11 Å². The molecule has 4 heteroatoms. The van der Waals surface area contributed by atoms with E-state index in [1.165, 1.54) is 0 Å². The second kappa shape index (κ2) is 6.06. The summed E-state index contributed by atoms with van der Waals surface area (Å²) in [7, 11) is 1.58. The number of methoxy groups -OCH3 is 1. The summed E-state index contributed by atoms with van der Waals surface area (Å²) in [4.78, 5) is 12.3. The molecule has 0 aliphatic heterocycles. The van der Waals surface area contributed by atoms with Crippen LogP contribution in [0.25, 0.3) is 0 Å². The third-order valence-corrected chi connectivity index (χ3v) is 3.71. The van der Waals surface area contributed by atoms with Crippen molar-refractivity contribution in [3.63, 3.8) is 0 Å². The highest BCUT2D eigenvalue weighted by Gasteiger charge is 2.21. The van der Waals surface area contributed by atoms with Gasteiger partial charge >= 0.3 is 0 Å². The number of hydrogen-bond donors (Lipinski definition) is 2. The minimum absolute atomic E-state index is 0.0546. The summed E-state index contributed by atoms with van der Waals surface area (Å²) in [5.74, 6) is 0.566. The first-order valence-electron chi connectivity index (χ1n) is 6.81. The SMILES string of the molecule is COc1ccc(C)cc1C(=O)NC1CCC(N)CC1. The maximum Gasteiger partial charge on any atom is 0.255 e. The fourth-order valence-electron chi connectivity index (χ4n) is 2.53. The topological polar surface area (TPSA) is 64.3 Å². The highest BCUT2D eigenvalue weighted by atomic mass is 16.5. The van der Waals surface area contributed by atoms with Gasteiger partial charge in [-0.15, -0.1) is 0 Å². The van der Waals surface area contributed by atoms with Gasteiger partial charge in [-0.1, -0.05) is 11.6 Å². The number of rotatable bonds is 3. The molecule has 1 aliphatic carbocycles. The zero-order chi connectivity index (χ0) is 13.8. The summed E-state index contributed by atoms with van der Waals surface area (Å²) in [6.45, 7) is 1.97. The second-order valence-electron chi connectivity index (χ2n) is 5.29. The van der Waals surface area contributed by atoms with Crippen LogP contribution < -0.4 is 15.8 Å². The lowest BCUT2D eigenvalue weighted by Crippen LogP contribution is -2.40. The van der Waals surface area contributed by atoms with Crippen LogP contribution in [0.3, 0.4) is 0 Å². The van der Waals surface area contributed by atoms with Gasteiger partial charge in [0, 0.05) is 12.1 Å². The van der Waals surface area contributed by atoms with Crippen LogP contribution in [0.15, 0.2) is 18.2 Å². The Morgan fingerprint density at radius 2 is 2.00 bits per heavy atom. The van der Waals surface area contributed by atoms with Crippen LogP contribution in [0.2, 0.25) is 0 Å². The molecule has 0 radical (unpaired) electrons. The van der Waals surface area contributed by atoms with Crippen molar-refractivity contribution in [3.05, 3.63) is 29.3 Å². The standard InChI is InChI=1S/C15H22N2O2/c1-10-3-8-14(19-2)13(9-10)15(18)17-12-6-4-11(16)5-7-12/h3,8-9,11-12H,4-7,16H2,1-2H3,(H,17,18). The van der Waals surface area contributed by atoms with Gasteiger partial charge in [-0.3, -0.25) is 4.79 Å². The average Bonchev–Trinajstić information content (AvgIpc) is 2.41.